The largest absolute Gasteiger partial charge is 0.382 e. The van der Waals surface area contributed by atoms with E-state index < -0.39 is 0 Å². The van der Waals surface area contributed by atoms with Crippen LogP contribution < -0.4 is 5.32 Å². The van der Waals surface area contributed by atoms with Crippen molar-refractivity contribution < 1.29 is 4.74 Å². The summed E-state index contributed by atoms with van der Waals surface area (Å²) in [6, 6.07) is 4.51. The maximum absolute atomic E-state index is 5.31. The first-order valence-electron chi connectivity index (χ1n) is 6.50. The monoisotopic (exact) mass is 235 g/mol. The fourth-order valence-corrected chi connectivity index (χ4v) is 2.15. The van der Waals surface area contributed by atoms with Crippen molar-refractivity contribution in [2.24, 2.45) is 0 Å². The van der Waals surface area contributed by atoms with E-state index in [1.54, 1.807) is 0 Å². The first-order valence-corrected chi connectivity index (χ1v) is 6.50. The quantitative estimate of drug-likeness (QED) is 0.733. The van der Waals surface area contributed by atoms with Gasteiger partial charge in [-0.1, -0.05) is 17.7 Å². The van der Waals surface area contributed by atoms with Crippen LogP contribution in [0, 0.1) is 20.8 Å². The molecule has 0 atom stereocenters. The molecular formula is C15H25NO. The van der Waals surface area contributed by atoms with Crippen molar-refractivity contribution in [2.45, 2.75) is 40.7 Å². The lowest BCUT2D eigenvalue weighted by Gasteiger charge is -2.12. The van der Waals surface area contributed by atoms with E-state index in [4.69, 9.17) is 4.74 Å². The van der Waals surface area contributed by atoms with E-state index in [0.717, 1.165) is 32.7 Å². The maximum atomic E-state index is 5.31. The van der Waals surface area contributed by atoms with Crippen molar-refractivity contribution in [1.29, 1.82) is 0 Å². The minimum Gasteiger partial charge on any atom is -0.382 e. The Labute approximate surface area is 105 Å². The molecule has 0 saturated heterocycles. The number of aryl methyl sites for hydroxylation is 3. The van der Waals surface area contributed by atoms with Crippen LogP contribution in [0.25, 0.3) is 0 Å². The molecule has 0 bridgehead atoms. The van der Waals surface area contributed by atoms with Crippen LogP contribution in [0.5, 0.6) is 0 Å². The topological polar surface area (TPSA) is 21.3 Å². The van der Waals surface area contributed by atoms with Gasteiger partial charge in [0.1, 0.15) is 0 Å². The number of benzene rings is 1. The molecule has 2 nitrogen and oxygen atoms in total. The minimum absolute atomic E-state index is 0.816. The highest BCUT2D eigenvalue weighted by Gasteiger charge is 2.02. The molecule has 0 amide bonds. The van der Waals surface area contributed by atoms with Gasteiger partial charge in [-0.15, -0.1) is 0 Å². The summed E-state index contributed by atoms with van der Waals surface area (Å²) in [5.74, 6) is 0. The van der Waals surface area contributed by atoms with Crippen LogP contribution in [0.2, 0.25) is 0 Å². The smallest absolute Gasteiger partial charge is 0.0477 e. The summed E-state index contributed by atoms with van der Waals surface area (Å²) in [6.07, 6.45) is 1.08. The zero-order chi connectivity index (χ0) is 12.7. The Hall–Kier alpha value is -0.860. The van der Waals surface area contributed by atoms with Gasteiger partial charge in [-0.05, 0) is 57.4 Å². The standard InChI is InChI=1S/C15H25NO/c1-5-17-8-6-7-16-11-15-13(3)9-12(2)10-14(15)4/h9-10,16H,5-8,11H2,1-4H3. The van der Waals surface area contributed by atoms with E-state index in [2.05, 4.69) is 38.2 Å². The van der Waals surface area contributed by atoms with Gasteiger partial charge in [-0.25, -0.2) is 0 Å². The Balaban J connectivity index is 2.36. The molecule has 0 heterocycles. The lowest BCUT2D eigenvalue weighted by molar-refractivity contribution is 0.144. The van der Waals surface area contributed by atoms with Gasteiger partial charge in [-0.2, -0.15) is 0 Å². The third-order valence-corrected chi connectivity index (χ3v) is 2.99. The van der Waals surface area contributed by atoms with Gasteiger partial charge in [0.05, 0.1) is 0 Å². The van der Waals surface area contributed by atoms with Gasteiger partial charge < -0.3 is 10.1 Å². The summed E-state index contributed by atoms with van der Waals surface area (Å²) in [5.41, 5.74) is 5.56. The van der Waals surface area contributed by atoms with E-state index in [-0.39, 0.29) is 0 Å². The first kappa shape index (κ1) is 14.2. The Morgan fingerprint density at radius 3 is 2.35 bits per heavy atom. The third kappa shape index (κ3) is 4.88. The summed E-state index contributed by atoms with van der Waals surface area (Å²) in [6.45, 7) is 12.2. The van der Waals surface area contributed by atoms with Crippen molar-refractivity contribution in [3.05, 3.63) is 34.4 Å². The average Bonchev–Trinajstić information content (AvgIpc) is 2.26. The number of hydrogen-bond acceptors (Lipinski definition) is 2. The molecule has 0 spiro atoms. The molecule has 0 unspecified atom stereocenters. The van der Waals surface area contributed by atoms with Gasteiger partial charge in [0.15, 0.2) is 0 Å². The van der Waals surface area contributed by atoms with E-state index in [0.29, 0.717) is 0 Å². The van der Waals surface area contributed by atoms with Gasteiger partial charge in [0, 0.05) is 19.8 Å². The molecule has 0 fully saturated rings. The summed E-state index contributed by atoms with van der Waals surface area (Å²) in [5, 5.41) is 3.48. The fourth-order valence-electron chi connectivity index (χ4n) is 2.15. The van der Waals surface area contributed by atoms with Crippen LogP contribution in [0.1, 0.15) is 35.6 Å². The molecular weight excluding hydrogens is 210 g/mol. The number of hydrogen-bond donors (Lipinski definition) is 1. The zero-order valence-electron chi connectivity index (χ0n) is 11.6. The third-order valence-electron chi connectivity index (χ3n) is 2.99. The molecule has 0 aliphatic heterocycles. The molecule has 17 heavy (non-hydrogen) atoms. The van der Waals surface area contributed by atoms with E-state index in [9.17, 15) is 0 Å². The highest BCUT2D eigenvalue weighted by molar-refractivity contribution is 5.37. The molecule has 0 aliphatic rings. The lowest BCUT2D eigenvalue weighted by atomic mass is 10.00. The Bertz CT molecular complexity index is 324. The van der Waals surface area contributed by atoms with Gasteiger partial charge in [-0.3, -0.25) is 0 Å². The van der Waals surface area contributed by atoms with Crippen molar-refractivity contribution in [1.82, 2.24) is 5.32 Å². The Morgan fingerprint density at radius 2 is 1.76 bits per heavy atom. The Kier molecular flexibility index (Phi) is 6.23. The second-order valence-electron chi connectivity index (χ2n) is 4.60. The fraction of sp³-hybridized carbons (Fsp3) is 0.600. The number of ether oxygens (including phenoxy) is 1. The summed E-state index contributed by atoms with van der Waals surface area (Å²) in [7, 11) is 0. The molecule has 1 aromatic carbocycles. The van der Waals surface area contributed by atoms with E-state index in [1.807, 2.05) is 6.92 Å². The normalized spacial score (nSPS) is 10.8. The van der Waals surface area contributed by atoms with Crippen molar-refractivity contribution in [2.75, 3.05) is 19.8 Å². The molecule has 96 valence electrons. The predicted molar refractivity (Wildman–Crippen MR) is 73.5 cm³/mol. The Morgan fingerprint density at radius 1 is 1.12 bits per heavy atom. The molecule has 2 heteroatoms. The summed E-state index contributed by atoms with van der Waals surface area (Å²) >= 11 is 0. The van der Waals surface area contributed by atoms with E-state index >= 15 is 0 Å². The lowest BCUT2D eigenvalue weighted by Crippen LogP contribution is -2.17. The van der Waals surface area contributed by atoms with Crippen molar-refractivity contribution in [3.8, 4) is 0 Å². The van der Waals surface area contributed by atoms with Crippen LogP contribution >= 0.6 is 0 Å². The van der Waals surface area contributed by atoms with Crippen molar-refractivity contribution in [3.63, 3.8) is 0 Å². The molecule has 0 saturated carbocycles. The zero-order valence-corrected chi connectivity index (χ0v) is 11.6. The second-order valence-corrected chi connectivity index (χ2v) is 4.60. The van der Waals surface area contributed by atoms with Crippen LogP contribution in [0.3, 0.4) is 0 Å². The molecule has 0 radical (unpaired) electrons. The molecule has 1 aromatic rings. The number of nitrogens with one attached hydrogen (secondary N) is 1. The highest BCUT2D eigenvalue weighted by atomic mass is 16.5. The molecule has 0 aromatic heterocycles. The van der Waals surface area contributed by atoms with Crippen LogP contribution in [0.4, 0.5) is 0 Å². The van der Waals surface area contributed by atoms with Crippen LogP contribution in [-0.4, -0.2) is 19.8 Å². The van der Waals surface area contributed by atoms with Crippen LogP contribution in [0.15, 0.2) is 12.1 Å². The molecule has 1 N–H and O–H groups in total. The predicted octanol–water partition coefficient (Wildman–Crippen LogP) is 3.13. The van der Waals surface area contributed by atoms with Gasteiger partial charge >= 0.3 is 0 Å². The molecule has 0 aliphatic carbocycles. The SMILES string of the molecule is CCOCCCNCc1c(C)cc(C)cc1C. The molecule has 1 rings (SSSR count). The highest BCUT2D eigenvalue weighted by Crippen LogP contribution is 2.15. The summed E-state index contributed by atoms with van der Waals surface area (Å²) in [4.78, 5) is 0. The average molecular weight is 235 g/mol. The van der Waals surface area contributed by atoms with Crippen LogP contribution in [-0.2, 0) is 11.3 Å². The maximum Gasteiger partial charge on any atom is 0.0477 e. The van der Waals surface area contributed by atoms with E-state index in [1.165, 1.54) is 22.3 Å². The van der Waals surface area contributed by atoms with Gasteiger partial charge in [0.2, 0.25) is 0 Å². The number of rotatable bonds is 7. The second kappa shape index (κ2) is 7.46. The van der Waals surface area contributed by atoms with Crippen molar-refractivity contribution >= 4 is 0 Å². The first-order chi connectivity index (χ1) is 8.15. The van der Waals surface area contributed by atoms with Gasteiger partial charge in [0.25, 0.3) is 0 Å². The summed E-state index contributed by atoms with van der Waals surface area (Å²) < 4.78 is 5.31. The minimum atomic E-state index is 0.816.